The van der Waals surface area contributed by atoms with Crippen molar-refractivity contribution < 1.29 is 32.3 Å². The molecule has 4 rings (SSSR count). The van der Waals surface area contributed by atoms with Crippen LogP contribution in [-0.4, -0.2) is 31.0 Å². The Kier molecular flexibility index (Phi) is 9.28. The number of carbonyl (C=O) groups is 3. The van der Waals surface area contributed by atoms with Crippen molar-refractivity contribution in [2.45, 2.75) is 38.4 Å². The van der Waals surface area contributed by atoms with Gasteiger partial charge in [0.1, 0.15) is 11.2 Å². The number of amides is 3. The van der Waals surface area contributed by atoms with Crippen molar-refractivity contribution in [3.8, 4) is 5.75 Å². The minimum Gasteiger partial charge on any atom is -0.496 e. The maximum atomic E-state index is 13.7. The van der Waals surface area contributed by atoms with E-state index in [4.69, 9.17) is 16.3 Å². The maximum Gasteiger partial charge on any atom is 0.403 e. The van der Waals surface area contributed by atoms with Crippen molar-refractivity contribution in [3.05, 3.63) is 86.8 Å². The zero-order chi connectivity index (χ0) is 29.8. The van der Waals surface area contributed by atoms with E-state index < -0.39 is 29.3 Å². The molecule has 0 unspecified atom stereocenters. The molecule has 41 heavy (non-hydrogen) atoms. The number of hydrogen-bond acceptors (Lipinski definition) is 4. The number of rotatable bonds is 8. The number of alkyl halides is 3. The highest BCUT2D eigenvalue weighted by Crippen LogP contribution is 2.50. The van der Waals surface area contributed by atoms with Crippen LogP contribution in [0.15, 0.2) is 65.1 Å². The molecule has 1 fully saturated rings. The van der Waals surface area contributed by atoms with Gasteiger partial charge < -0.3 is 20.7 Å². The summed E-state index contributed by atoms with van der Waals surface area (Å²) in [5.74, 6) is -1.87. The van der Waals surface area contributed by atoms with Gasteiger partial charge in [-0.1, -0.05) is 46.4 Å². The third-order valence-corrected chi connectivity index (χ3v) is 7.83. The molecule has 0 aromatic heterocycles. The first-order chi connectivity index (χ1) is 19.4. The third-order valence-electron chi connectivity index (χ3n) is 6.97. The molecule has 0 aliphatic heterocycles. The maximum absolute atomic E-state index is 13.7. The molecule has 216 valence electrons. The highest BCUT2D eigenvalue weighted by atomic mass is 79.9. The SMILES string of the molecule is COc1ccc(NC(=O)c2cc(CNC(=O)C3(C(F)(F)F)CCCC3)ccc2Cl)cc1C(=O)Nc1ccc(Br)cc1. The van der Waals surface area contributed by atoms with Crippen molar-refractivity contribution >= 4 is 56.6 Å². The molecule has 7 nitrogen and oxygen atoms in total. The molecule has 3 N–H and O–H groups in total. The summed E-state index contributed by atoms with van der Waals surface area (Å²) in [6.45, 7) is -0.211. The van der Waals surface area contributed by atoms with Gasteiger partial charge in [-0.15, -0.1) is 0 Å². The number of anilines is 2. The molecule has 3 aromatic rings. The van der Waals surface area contributed by atoms with Crippen LogP contribution in [0.2, 0.25) is 5.02 Å². The van der Waals surface area contributed by atoms with Crippen LogP contribution in [0.4, 0.5) is 24.5 Å². The van der Waals surface area contributed by atoms with Crippen LogP contribution in [0, 0.1) is 5.41 Å². The molecule has 0 atom stereocenters. The number of hydrogen-bond donors (Lipinski definition) is 3. The first kappa shape index (κ1) is 30.4. The van der Waals surface area contributed by atoms with E-state index in [1.54, 1.807) is 30.3 Å². The Morgan fingerprint density at radius 2 is 1.51 bits per heavy atom. The molecule has 1 aliphatic rings. The van der Waals surface area contributed by atoms with E-state index in [9.17, 15) is 27.6 Å². The van der Waals surface area contributed by atoms with Crippen molar-refractivity contribution in [2.24, 2.45) is 5.41 Å². The summed E-state index contributed by atoms with van der Waals surface area (Å²) in [6, 6.07) is 15.8. The summed E-state index contributed by atoms with van der Waals surface area (Å²) in [6.07, 6.45) is -4.48. The highest BCUT2D eigenvalue weighted by Gasteiger charge is 2.60. The monoisotopic (exact) mass is 651 g/mol. The lowest BCUT2D eigenvalue weighted by Crippen LogP contribution is -2.48. The summed E-state index contributed by atoms with van der Waals surface area (Å²) < 4.78 is 47.3. The quantitative estimate of drug-likeness (QED) is 0.237. The van der Waals surface area contributed by atoms with Crippen molar-refractivity contribution in [1.29, 1.82) is 0 Å². The molecule has 0 heterocycles. The molecule has 1 saturated carbocycles. The van der Waals surface area contributed by atoms with Gasteiger partial charge in [0, 0.05) is 22.4 Å². The summed E-state index contributed by atoms with van der Waals surface area (Å²) in [4.78, 5) is 38.7. The van der Waals surface area contributed by atoms with Gasteiger partial charge in [0.05, 0.1) is 23.3 Å². The number of ether oxygens (including phenoxy) is 1. The van der Waals surface area contributed by atoms with Gasteiger partial charge in [-0.05, 0) is 73.0 Å². The Morgan fingerprint density at radius 1 is 0.902 bits per heavy atom. The van der Waals surface area contributed by atoms with Crippen LogP contribution >= 0.6 is 27.5 Å². The average Bonchev–Trinajstić information content (AvgIpc) is 3.45. The van der Waals surface area contributed by atoms with E-state index in [0.717, 1.165) is 4.47 Å². The number of carbonyl (C=O) groups excluding carboxylic acids is 3. The van der Waals surface area contributed by atoms with E-state index in [1.807, 2.05) is 0 Å². The van der Waals surface area contributed by atoms with Crippen LogP contribution in [0.3, 0.4) is 0 Å². The van der Waals surface area contributed by atoms with E-state index in [0.29, 0.717) is 24.1 Å². The second-order valence-corrected chi connectivity index (χ2v) is 10.9. The zero-order valence-corrected chi connectivity index (χ0v) is 24.2. The zero-order valence-electron chi connectivity index (χ0n) is 21.8. The topological polar surface area (TPSA) is 96.5 Å². The minimum absolute atomic E-state index is 0.0431. The summed E-state index contributed by atoms with van der Waals surface area (Å²) in [5, 5.41) is 7.93. The van der Waals surface area contributed by atoms with Gasteiger partial charge in [0.15, 0.2) is 0 Å². The number of benzene rings is 3. The summed E-state index contributed by atoms with van der Waals surface area (Å²) >= 11 is 9.59. The predicted molar refractivity (Wildman–Crippen MR) is 153 cm³/mol. The largest absolute Gasteiger partial charge is 0.496 e. The van der Waals surface area contributed by atoms with Gasteiger partial charge in [0.25, 0.3) is 11.8 Å². The number of nitrogens with one attached hydrogen (secondary N) is 3. The first-order valence-electron chi connectivity index (χ1n) is 12.6. The van der Waals surface area contributed by atoms with Gasteiger partial charge in [-0.2, -0.15) is 13.2 Å². The molecule has 0 bridgehead atoms. The van der Waals surface area contributed by atoms with Gasteiger partial charge >= 0.3 is 6.18 Å². The standard InChI is InChI=1S/C29H26BrClF3N3O4/c1-41-24-11-9-20(15-22(24)26(39)36-19-7-5-18(30)6-8-19)37-25(38)21-14-17(4-10-23(21)31)16-35-27(40)28(29(32,33)34)12-2-3-13-28/h4-11,14-15H,2-3,12-13,16H2,1H3,(H,35,40)(H,36,39)(H,37,38). The van der Waals surface area contributed by atoms with Crippen LogP contribution in [0.1, 0.15) is 52.0 Å². The Morgan fingerprint density at radius 3 is 2.15 bits per heavy atom. The number of methoxy groups -OCH3 is 1. The molecule has 0 saturated heterocycles. The van der Waals surface area contributed by atoms with Crippen LogP contribution in [0.5, 0.6) is 5.75 Å². The molecule has 3 aromatic carbocycles. The van der Waals surface area contributed by atoms with Gasteiger partial charge in [-0.25, -0.2) is 0 Å². The third kappa shape index (κ3) is 6.84. The van der Waals surface area contributed by atoms with Crippen LogP contribution < -0.4 is 20.7 Å². The molecule has 12 heteroatoms. The fraction of sp³-hybridized carbons (Fsp3) is 0.276. The van der Waals surface area contributed by atoms with E-state index >= 15 is 0 Å². The Balaban J connectivity index is 1.48. The number of halogens is 5. The Hall–Kier alpha value is -3.57. The normalized spacial score (nSPS) is 14.3. The molecule has 1 aliphatic carbocycles. The van der Waals surface area contributed by atoms with Crippen molar-refractivity contribution in [1.82, 2.24) is 5.32 Å². The predicted octanol–water partition coefficient (Wildman–Crippen LogP) is 7.35. The van der Waals surface area contributed by atoms with Gasteiger partial charge in [0.2, 0.25) is 5.91 Å². The van der Waals surface area contributed by atoms with Crippen molar-refractivity contribution in [2.75, 3.05) is 17.7 Å². The minimum atomic E-state index is -4.65. The fourth-order valence-corrected chi connectivity index (χ4v) is 5.19. The highest BCUT2D eigenvalue weighted by molar-refractivity contribution is 9.10. The lowest BCUT2D eigenvalue weighted by Gasteiger charge is -2.30. The molecular formula is C29H26BrClF3N3O4. The van der Waals surface area contributed by atoms with Crippen LogP contribution in [-0.2, 0) is 11.3 Å². The molecule has 0 radical (unpaired) electrons. The first-order valence-corrected chi connectivity index (χ1v) is 13.8. The summed E-state index contributed by atoms with van der Waals surface area (Å²) in [5.41, 5.74) is -0.954. The van der Waals surface area contributed by atoms with E-state index in [-0.39, 0.29) is 47.0 Å². The van der Waals surface area contributed by atoms with E-state index in [2.05, 4.69) is 31.9 Å². The van der Waals surface area contributed by atoms with Crippen molar-refractivity contribution in [3.63, 3.8) is 0 Å². The summed E-state index contributed by atoms with van der Waals surface area (Å²) in [7, 11) is 1.41. The lowest BCUT2D eigenvalue weighted by atomic mass is 9.84. The lowest BCUT2D eigenvalue weighted by molar-refractivity contribution is -0.220. The van der Waals surface area contributed by atoms with E-state index in [1.165, 1.54) is 37.4 Å². The van der Waals surface area contributed by atoms with Crippen LogP contribution in [0.25, 0.3) is 0 Å². The van der Waals surface area contributed by atoms with Gasteiger partial charge in [-0.3, -0.25) is 14.4 Å². The Labute approximate surface area is 247 Å². The average molecular weight is 653 g/mol. The second-order valence-electron chi connectivity index (χ2n) is 9.61. The molecule has 3 amide bonds. The second kappa shape index (κ2) is 12.5. The fourth-order valence-electron chi connectivity index (χ4n) is 4.72. The Bertz CT molecular complexity index is 1460. The molecular weight excluding hydrogens is 627 g/mol. The smallest absolute Gasteiger partial charge is 0.403 e. The molecule has 0 spiro atoms.